The van der Waals surface area contributed by atoms with Crippen molar-refractivity contribution < 1.29 is 0 Å². The van der Waals surface area contributed by atoms with Gasteiger partial charge in [-0.05, 0) is 66.5 Å². The van der Waals surface area contributed by atoms with Crippen LogP contribution in [-0.4, -0.2) is 34.1 Å². The molecule has 0 aromatic heterocycles. The second-order valence-electron chi connectivity index (χ2n) is 5.21. The molecule has 0 aromatic carbocycles. The Balaban J connectivity index is 2.83. The number of hydrogen-bond acceptors (Lipinski definition) is 1. The van der Waals surface area contributed by atoms with Gasteiger partial charge in [0, 0.05) is 6.04 Å². The normalized spacial score (nSPS) is 27.6. The molecule has 1 nitrogen and oxygen atoms in total. The number of nitrogens with zero attached hydrogens (tertiary/aromatic N) is 1. The van der Waals surface area contributed by atoms with Crippen LogP contribution in [0.25, 0.3) is 0 Å². The molecule has 1 rings (SSSR count). The topological polar surface area (TPSA) is 3.24 Å². The lowest BCUT2D eigenvalue weighted by molar-refractivity contribution is 0.562. The van der Waals surface area contributed by atoms with Gasteiger partial charge in [-0.2, -0.15) is 0 Å². The van der Waals surface area contributed by atoms with E-state index in [-0.39, 0.29) is 16.1 Å². The minimum Gasteiger partial charge on any atom is -0.257 e. The summed E-state index contributed by atoms with van der Waals surface area (Å²) in [5.74, 6) is 0. The lowest BCUT2D eigenvalue weighted by atomic mass is 10.2. The van der Waals surface area contributed by atoms with Gasteiger partial charge < -0.3 is 0 Å². The van der Waals surface area contributed by atoms with Crippen LogP contribution in [0.1, 0.15) is 54.4 Å². The standard InChI is InChI=1S/C13H29NP2/c1-7-15(8-2)14(11(3)4)16-12(5)9-10-13(16)6/h11-13H,7-10H2,1-6H3/t12-,13-/m1/s1. The van der Waals surface area contributed by atoms with Crippen molar-refractivity contribution in [3.63, 3.8) is 0 Å². The van der Waals surface area contributed by atoms with Crippen molar-refractivity contribution in [2.45, 2.75) is 71.7 Å². The molecule has 0 unspecified atom stereocenters. The highest BCUT2D eigenvalue weighted by molar-refractivity contribution is 7.71. The Morgan fingerprint density at radius 3 is 1.88 bits per heavy atom. The summed E-state index contributed by atoms with van der Waals surface area (Å²) in [5.41, 5.74) is 1.94. The van der Waals surface area contributed by atoms with Crippen LogP contribution in [0, 0.1) is 0 Å². The zero-order chi connectivity index (χ0) is 12.3. The van der Waals surface area contributed by atoms with Gasteiger partial charge in [0.05, 0.1) is 0 Å². The quantitative estimate of drug-likeness (QED) is 0.622. The summed E-state index contributed by atoms with van der Waals surface area (Å²) in [6.45, 7) is 14.5. The van der Waals surface area contributed by atoms with Crippen LogP contribution in [0.5, 0.6) is 0 Å². The molecule has 1 heterocycles. The molecular weight excluding hydrogens is 232 g/mol. The number of rotatable bonds is 5. The molecule has 16 heavy (non-hydrogen) atoms. The van der Waals surface area contributed by atoms with Crippen molar-refractivity contribution in [2.24, 2.45) is 0 Å². The molecule has 1 aliphatic rings. The summed E-state index contributed by atoms with van der Waals surface area (Å²) in [7, 11) is 0.279. The zero-order valence-corrected chi connectivity index (χ0v) is 13.7. The Labute approximate surface area is 105 Å². The monoisotopic (exact) mass is 261 g/mol. The molecule has 0 aliphatic carbocycles. The second kappa shape index (κ2) is 6.67. The van der Waals surface area contributed by atoms with Crippen LogP contribution in [0.2, 0.25) is 0 Å². The van der Waals surface area contributed by atoms with Crippen molar-refractivity contribution in [1.82, 2.24) is 4.44 Å². The van der Waals surface area contributed by atoms with Gasteiger partial charge in [-0.1, -0.05) is 27.7 Å². The van der Waals surface area contributed by atoms with Crippen LogP contribution in [-0.2, 0) is 0 Å². The third kappa shape index (κ3) is 3.18. The van der Waals surface area contributed by atoms with Gasteiger partial charge in [-0.25, -0.2) is 0 Å². The minimum absolute atomic E-state index is 0.139. The van der Waals surface area contributed by atoms with E-state index in [2.05, 4.69) is 46.0 Å². The molecule has 0 spiro atoms. The summed E-state index contributed by atoms with van der Waals surface area (Å²) < 4.78 is 2.95. The average molecular weight is 261 g/mol. The first kappa shape index (κ1) is 14.9. The first-order chi connectivity index (χ1) is 7.52. The first-order valence-electron chi connectivity index (χ1n) is 6.85. The predicted molar refractivity (Wildman–Crippen MR) is 80.1 cm³/mol. The van der Waals surface area contributed by atoms with E-state index in [1.54, 1.807) is 0 Å². The molecule has 1 fully saturated rings. The lowest BCUT2D eigenvalue weighted by Gasteiger charge is -2.42. The van der Waals surface area contributed by atoms with E-state index in [1.807, 2.05) is 0 Å². The number of hydrogen-bond donors (Lipinski definition) is 0. The molecule has 1 aliphatic heterocycles. The van der Waals surface area contributed by atoms with Crippen molar-refractivity contribution >= 4 is 16.1 Å². The van der Waals surface area contributed by atoms with Gasteiger partial charge in [0.1, 0.15) is 0 Å². The van der Waals surface area contributed by atoms with E-state index < -0.39 is 0 Å². The van der Waals surface area contributed by atoms with E-state index in [0.717, 1.165) is 17.4 Å². The molecule has 0 amide bonds. The first-order valence-corrected chi connectivity index (χ1v) is 9.94. The van der Waals surface area contributed by atoms with Crippen molar-refractivity contribution in [3.05, 3.63) is 0 Å². The molecule has 3 heteroatoms. The maximum Gasteiger partial charge on any atom is 0.0118 e. The summed E-state index contributed by atoms with van der Waals surface area (Å²) in [6, 6.07) is 0.750. The van der Waals surface area contributed by atoms with Crippen LogP contribution in [0.4, 0.5) is 0 Å². The second-order valence-corrected chi connectivity index (χ2v) is 11.2. The molecule has 1 saturated heterocycles. The summed E-state index contributed by atoms with van der Waals surface area (Å²) in [4.78, 5) is 0. The predicted octanol–water partition coefficient (Wildman–Crippen LogP) is 5.10. The van der Waals surface area contributed by atoms with E-state index >= 15 is 0 Å². The summed E-state index contributed by atoms with van der Waals surface area (Å²) in [6.07, 6.45) is 5.68. The average Bonchev–Trinajstić information content (AvgIpc) is 2.55. The third-order valence-corrected chi connectivity index (χ3v) is 10.8. The van der Waals surface area contributed by atoms with Crippen molar-refractivity contribution in [3.8, 4) is 0 Å². The van der Waals surface area contributed by atoms with E-state index in [0.29, 0.717) is 0 Å². The molecule has 0 saturated carbocycles. The molecule has 2 atom stereocenters. The SMILES string of the molecule is CCP(CC)N(C(C)C)P1[C@H](C)CC[C@H]1C. The van der Waals surface area contributed by atoms with Crippen LogP contribution >= 0.6 is 16.1 Å². The molecule has 0 N–H and O–H groups in total. The Bertz CT molecular complexity index is 194. The highest BCUT2D eigenvalue weighted by Crippen LogP contribution is 2.66. The fourth-order valence-corrected chi connectivity index (χ4v) is 10.5. The van der Waals surface area contributed by atoms with Crippen LogP contribution in [0.15, 0.2) is 0 Å². The fraction of sp³-hybridized carbons (Fsp3) is 1.00. The van der Waals surface area contributed by atoms with Gasteiger partial charge in [0.15, 0.2) is 0 Å². The minimum atomic E-state index is 0.139. The molecule has 96 valence electrons. The zero-order valence-electron chi connectivity index (χ0n) is 11.9. The smallest absolute Gasteiger partial charge is 0.0118 e. The summed E-state index contributed by atoms with van der Waals surface area (Å²) in [5, 5.41) is 0. The summed E-state index contributed by atoms with van der Waals surface area (Å²) >= 11 is 0. The Hall–Kier alpha value is 0.820. The third-order valence-electron chi connectivity index (χ3n) is 3.62. The molecule has 0 bridgehead atoms. The largest absolute Gasteiger partial charge is 0.257 e. The van der Waals surface area contributed by atoms with Crippen molar-refractivity contribution in [1.29, 1.82) is 0 Å². The lowest BCUT2D eigenvalue weighted by Crippen LogP contribution is -2.26. The fourth-order valence-electron chi connectivity index (χ4n) is 2.84. The molecular formula is C13H29NP2. The highest BCUT2D eigenvalue weighted by Gasteiger charge is 2.38. The van der Waals surface area contributed by atoms with Gasteiger partial charge >= 0.3 is 0 Å². The van der Waals surface area contributed by atoms with E-state index in [9.17, 15) is 0 Å². The van der Waals surface area contributed by atoms with E-state index in [1.165, 1.54) is 25.2 Å². The molecule has 0 radical (unpaired) electrons. The van der Waals surface area contributed by atoms with Crippen molar-refractivity contribution in [2.75, 3.05) is 12.3 Å². The van der Waals surface area contributed by atoms with Gasteiger partial charge in [-0.3, -0.25) is 4.44 Å². The van der Waals surface area contributed by atoms with Crippen LogP contribution in [0.3, 0.4) is 0 Å². The maximum absolute atomic E-state index is 2.95. The Morgan fingerprint density at radius 2 is 1.56 bits per heavy atom. The Kier molecular flexibility index (Phi) is 6.20. The van der Waals surface area contributed by atoms with Crippen LogP contribution < -0.4 is 0 Å². The van der Waals surface area contributed by atoms with Gasteiger partial charge in [0.25, 0.3) is 0 Å². The highest BCUT2D eigenvalue weighted by atomic mass is 31.2. The molecule has 0 aromatic rings. The van der Waals surface area contributed by atoms with E-state index in [4.69, 9.17) is 0 Å². The maximum atomic E-state index is 2.95. The Morgan fingerprint density at radius 1 is 1.12 bits per heavy atom. The van der Waals surface area contributed by atoms with Gasteiger partial charge in [0.2, 0.25) is 0 Å². The van der Waals surface area contributed by atoms with Gasteiger partial charge in [-0.15, -0.1) is 0 Å².